The van der Waals surface area contributed by atoms with Crippen LogP contribution in [-0.4, -0.2) is 48.2 Å². The highest BCUT2D eigenvalue weighted by molar-refractivity contribution is 6.05. The first-order chi connectivity index (χ1) is 11.6. The lowest BCUT2D eigenvalue weighted by atomic mass is 9.85. The predicted molar refractivity (Wildman–Crippen MR) is 86.6 cm³/mol. The van der Waals surface area contributed by atoms with Crippen LogP contribution in [0.2, 0.25) is 0 Å². The maximum absolute atomic E-state index is 12.3. The summed E-state index contributed by atoms with van der Waals surface area (Å²) in [6.07, 6.45) is 4.17. The largest absolute Gasteiger partial charge is 0.497 e. The quantitative estimate of drug-likeness (QED) is 0.630. The van der Waals surface area contributed by atoms with Gasteiger partial charge in [0.1, 0.15) is 24.2 Å². The van der Waals surface area contributed by atoms with Crippen molar-refractivity contribution in [2.75, 3.05) is 20.3 Å². The van der Waals surface area contributed by atoms with Gasteiger partial charge in [0, 0.05) is 0 Å². The van der Waals surface area contributed by atoms with Crippen molar-refractivity contribution in [3.8, 4) is 11.5 Å². The van der Waals surface area contributed by atoms with E-state index >= 15 is 0 Å². The molecule has 0 aromatic heterocycles. The number of β-amino-alcohol motifs (C(OH)–C–C–N with tert-alkyl or cyclic N) is 1. The van der Waals surface area contributed by atoms with Gasteiger partial charge in [-0.15, -0.1) is 0 Å². The van der Waals surface area contributed by atoms with Crippen molar-refractivity contribution in [2.24, 2.45) is 11.8 Å². The highest BCUT2D eigenvalue weighted by Crippen LogP contribution is 2.35. The third kappa shape index (κ3) is 3.28. The lowest BCUT2D eigenvalue weighted by Gasteiger charge is -2.19. The van der Waals surface area contributed by atoms with E-state index in [2.05, 4.69) is 0 Å². The van der Waals surface area contributed by atoms with Crippen LogP contribution in [0.25, 0.3) is 0 Å². The van der Waals surface area contributed by atoms with Crippen molar-refractivity contribution in [2.45, 2.75) is 18.9 Å². The van der Waals surface area contributed by atoms with Crippen molar-refractivity contribution in [1.82, 2.24) is 4.90 Å². The van der Waals surface area contributed by atoms with Gasteiger partial charge in [-0.3, -0.25) is 14.5 Å². The van der Waals surface area contributed by atoms with Crippen LogP contribution in [0.1, 0.15) is 12.8 Å². The number of aliphatic hydroxyl groups excluding tert-OH is 1. The molecule has 1 aliphatic heterocycles. The van der Waals surface area contributed by atoms with Crippen molar-refractivity contribution >= 4 is 11.8 Å². The Labute approximate surface area is 140 Å². The molecule has 1 fully saturated rings. The number of methoxy groups -OCH3 is 1. The summed E-state index contributed by atoms with van der Waals surface area (Å²) in [5, 5.41) is 10.1. The summed E-state index contributed by atoms with van der Waals surface area (Å²) in [5.41, 5.74) is 0. The average molecular weight is 331 g/mol. The predicted octanol–water partition coefficient (Wildman–Crippen LogP) is 1.39. The normalized spacial score (nSPS) is 24.0. The van der Waals surface area contributed by atoms with E-state index in [9.17, 15) is 14.7 Å². The van der Waals surface area contributed by atoms with E-state index in [0.717, 1.165) is 0 Å². The van der Waals surface area contributed by atoms with E-state index in [1.165, 1.54) is 4.90 Å². The summed E-state index contributed by atoms with van der Waals surface area (Å²) >= 11 is 0. The van der Waals surface area contributed by atoms with Crippen molar-refractivity contribution in [3.63, 3.8) is 0 Å². The van der Waals surface area contributed by atoms with Gasteiger partial charge >= 0.3 is 0 Å². The number of hydrogen-bond donors (Lipinski definition) is 1. The number of allylic oxidation sites excluding steroid dienone is 2. The zero-order chi connectivity index (χ0) is 17.1. The van der Waals surface area contributed by atoms with Crippen LogP contribution in [0.15, 0.2) is 36.4 Å². The number of ether oxygens (including phenoxy) is 2. The topological polar surface area (TPSA) is 76.1 Å². The van der Waals surface area contributed by atoms with Crippen LogP contribution in [0, 0.1) is 11.8 Å². The van der Waals surface area contributed by atoms with Crippen LogP contribution in [0.4, 0.5) is 0 Å². The molecule has 128 valence electrons. The summed E-state index contributed by atoms with van der Waals surface area (Å²) in [6, 6.07) is 6.98. The van der Waals surface area contributed by atoms with Crippen LogP contribution >= 0.6 is 0 Å². The van der Waals surface area contributed by atoms with Crippen molar-refractivity contribution in [3.05, 3.63) is 36.4 Å². The van der Waals surface area contributed by atoms with Gasteiger partial charge in [0.15, 0.2) is 0 Å². The minimum atomic E-state index is -0.923. The summed E-state index contributed by atoms with van der Waals surface area (Å²) in [5.74, 6) is 0.407. The van der Waals surface area contributed by atoms with Gasteiger partial charge in [0.2, 0.25) is 11.8 Å². The molecule has 1 aromatic rings. The number of fused-ring (bicyclic) bond motifs is 1. The molecule has 0 bridgehead atoms. The molecule has 6 nitrogen and oxygen atoms in total. The molecule has 2 aliphatic rings. The Kier molecular flexibility index (Phi) is 4.85. The number of amides is 2. The standard InChI is InChI=1S/C18H21NO5/c1-23-13-6-8-14(9-7-13)24-11-12(20)10-19-17(21)15-4-2-3-5-16(15)18(19)22/h2-3,6-9,12,15-16,20H,4-5,10-11H2,1H3/t12-,15-,16+/m1/s1. The minimum absolute atomic E-state index is 0.0109. The molecular formula is C18H21NO5. The highest BCUT2D eigenvalue weighted by Gasteiger charge is 2.47. The second-order valence-corrected chi connectivity index (χ2v) is 6.08. The Morgan fingerprint density at radius 3 is 2.17 bits per heavy atom. The van der Waals surface area contributed by atoms with Crippen LogP contribution in [0.5, 0.6) is 11.5 Å². The SMILES string of the molecule is COc1ccc(OC[C@H](O)CN2C(=O)[C@H]3CC=CC[C@H]3C2=O)cc1. The van der Waals surface area contributed by atoms with Crippen molar-refractivity contribution in [1.29, 1.82) is 0 Å². The second-order valence-electron chi connectivity index (χ2n) is 6.08. The number of imide groups is 1. The van der Waals surface area contributed by atoms with Crippen LogP contribution in [0.3, 0.4) is 0 Å². The molecule has 24 heavy (non-hydrogen) atoms. The van der Waals surface area contributed by atoms with Gasteiger partial charge in [-0.05, 0) is 37.1 Å². The molecular weight excluding hydrogens is 310 g/mol. The van der Waals surface area contributed by atoms with E-state index in [0.29, 0.717) is 24.3 Å². The fourth-order valence-corrected chi connectivity index (χ4v) is 3.18. The minimum Gasteiger partial charge on any atom is -0.497 e. The number of aliphatic hydroxyl groups is 1. The Morgan fingerprint density at radius 1 is 1.08 bits per heavy atom. The molecule has 3 rings (SSSR count). The molecule has 6 heteroatoms. The summed E-state index contributed by atoms with van der Waals surface area (Å²) in [4.78, 5) is 25.9. The van der Waals surface area contributed by atoms with Gasteiger partial charge in [-0.1, -0.05) is 12.2 Å². The summed E-state index contributed by atoms with van der Waals surface area (Å²) in [6.45, 7) is -0.0161. The van der Waals surface area contributed by atoms with Gasteiger partial charge in [-0.2, -0.15) is 0 Å². The smallest absolute Gasteiger partial charge is 0.233 e. The molecule has 1 heterocycles. The van der Waals surface area contributed by atoms with Crippen molar-refractivity contribution < 1.29 is 24.2 Å². The number of hydrogen-bond acceptors (Lipinski definition) is 5. The number of rotatable bonds is 6. The lowest BCUT2D eigenvalue weighted by molar-refractivity contribution is -0.141. The maximum atomic E-state index is 12.3. The van der Waals surface area contributed by atoms with Crippen LogP contribution in [-0.2, 0) is 9.59 Å². The molecule has 0 spiro atoms. The van der Waals surface area contributed by atoms with E-state index in [-0.39, 0.29) is 36.8 Å². The van der Waals surface area contributed by atoms with Gasteiger partial charge < -0.3 is 14.6 Å². The number of carbonyl (C=O) groups excluding carboxylic acids is 2. The van der Waals surface area contributed by atoms with E-state index < -0.39 is 6.10 Å². The summed E-state index contributed by atoms with van der Waals surface area (Å²) < 4.78 is 10.6. The second kappa shape index (κ2) is 7.05. The number of nitrogens with zero attached hydrogens (tertiary/aromatic N) is 1. The molecule has 2 amide bonds. The third-order valence-corrected chi connectivity index (χ3v) is 4.49. The van der Waals surface area contributed by atoms with E-state index in [1.807, 2.05) is 12.2 Å². The Bertz CT molecular complexity index is 613. The number of carbonyl (C=O) groups is 2. The van der Waals surface area contributed by atoms with Crippen LogP contribution < -0.4 is 9.47 Å². The molecule has 0 saturated carbocycles. The number of benzene rings is 1. The highest BCUT2D eigenvalue weighted by atomic mass is 16.5. The monoisotopic (exact) mass is 331 g/mol. The molecule has 1 aromatic carbocycles. The van der Waals surface area contributed by atoms with Gasteiger partial charge in [-0.25, -0.2) is 0 Å². The first-order valence-electron chi connectivity index (χ1n) is 8.05. The zero-order valence-corrected chi connectivity index (χ0v) is 13.6. The first kappa shape index (κ1) is 16.5. The lowest BCUT2D eigenvalue weighted by Crippen LogP contribution is -2.40. The Hall–Kier alpha value is -2.34. The Balaban J connectivity index is 1.53. The number of likely N-dealkylation sites (tertiary alicyclic amines) is 1. The average Bonchev–Trinajstić information content (AvgIpc) is 2.86. The maximum Gasteiger partial charge on any atom is 0.233 e. The molecule has 0 radical (unpaired) electrons. The fraction of sp³-hybridized carbons (Fsp3) is 0.444. The molecule has 1 aliphatic carbocycles. The Morgan fingerprint density at radius 2 is 1.62 bits per heavy atom. The van der Waals surface area contributed by atoms with Gasteiger partial charge in [0.05, 0.1) is 25.5 Å². The van der Waals surface area contributed by atoms with E-state index in [1.54, 1.807) is 31.4 Å². The summed E-state index contributed by atoms with van der Waals surface area (Å²) in [7, 11) is 1.58. The molecule has 1 saturated heterocycles. The molecule has 0 unspecified atom stereocenters. The molecule has 1 N–H and O–H groups in total. The molecule has 3 atom stereocenters. The third-order valence-electron chi connectivity index (χ3n) is 4.49. The fourth-order valence-electron chi connectivity index (χ4n) is 3.18. The van der Waals surface area contributed by atoms with E-state index in [4.69, 9.17) is 9.47 Å². The first-order valence-corrected chi connectivity index (χ1v) is 8.05. The van der Waals surface area contributed by atoms with Gasteiger partial charge in [0.25, 0.3) is 0 Å². The zero-order valence-electron chi connectivity index (χ0n) is 13.6.